The topological polar surface area (TPSA) is 24.1 Å². The van der Waals surface area contributed by atoms with Crippen molar-refractivity contribution in [2.75, 3.05) is 10.9 Å². The third-order valence-corrected chi connectivity index (χ3v) is 4.31. The van der Waals surface area contributed by atoms with Crippen LogP contribution >= 0.6 is 0 Å². The molecule has 0 bridgehead atoms. The van der Waals surface area contributed by atoms with Crippen molar-refractivity contribution in [2.45, 2.75) is 0 Å². The monoisotopic (exact) mass is 336 g/mol. The molecule has 4 aromatic rings. The van der Waals surface area contributed by atoms with Gasteiger partial charge < -0.3 is 10.9 Å². The van der Waals surface area contributed by atoms with Gasteiger partial charge in [-0.05, 0) is 46.5 Å². The number of benzene rings is 4. The first-order valence-corrected chi connectivity index (χ1v) is 8.71. The van der Waals surface area contributed by atoms with Crippen LogP contribution in [0.2, 0.25) is 0 Å². The van der Waals surface area contributed by atoms with Gasteiger partial charge in [0.1, 0.15) is 0 Å². The summed E-state index contributed by atoms with van der Waals surface area (Å²) >= 11 is 0. The quantitative estimate of drug-likeness (QED) is 0.409. The van der Waals surface area contributed by atoms with Crippen LogP contribution in [0.4, 0.5) is 11.4 Å². The summed E-state index contributed by atoms with van der Waals surface area (Å²) < 4.78 is 0. The van der Waals surface area contributed by atoms with E-state index in [4.69, 9.17) is 0 Å². The van der Waals surface area contributed by atoms with Gasteiger partial charge in [0, 0.05) is 0 Å². The van der Waals surface area contributed by atoms with Gasteiger partial charge in [0.05, 0.1) is 11.4 Å². The smallest absolute Gasteiger partial charge is 0.0546 e. The van der Waals surface area contributed by atoms with Crippen LogP contribution in [0.3, 0.4) is 0 Å². The van der Waals surface area contributed by atoms with Crippen molar-refractivity contribution < 1.29 is 0 Å². The number of rotatable bonds is 5. The van der Waals surface area contributed by atoms with Gasteiger partial charge in [0.2, 0.25) is 0 Å². The molecule has 0 saturated heterocycles. The van der Waals surface area contributed by atoms with Crippen molar-refractivity contribution in [3.8, 4) is 22.3 Å². The molecule has 0 saturated carbocycles. The maximum Gasteiger partial charge on any atom is 0.0546 e. The second kappa shape index (κ2) is 7.58. The van der Waals surface area contributed by atoms with Gasteiger partial charge >= 0.3 is 0 Å². The average Bonchev–Trinajstić information content (AvgIpc) is 2.74. The maximum atomic E-state index is 3.28. The summed E-state index contributed by atoms with van der Waals surface area (Å²) in [5.74, 6) is 0. The van der Waals surface area contributed by atoms with Gasteiger partial charge in [-0.15, -0.1) is 0 Å². The van der Waals surface area contributed by atoms with Crippen LogP contribution in [-0.2, 0) is 0 Å². The Kier molecular flexibility index (Phi) is 4.66. The van der Waals surface area contributed by atoms with Crippen molar-refractivity contribution in [1.82, 2.24) is 0 Å². The van der Waals surface area contributed by atoms with E-state index in [9.17, 15) is 0 Å². The van der Waals surface area contributed by atoms with Crippen molar-refractivity contribution >= 4 is 11.4 Å². The molecular weight excluding hydrogens is 316 g/mol. The molecule has 0 heterocycles. The molecular formula is C24H20N2. The summed E-state index contributed by atoms with van der Waals surface area (Å²) in [5.41, 5.74) is 13.4. The fourth-order valence-electron chi connectivity index (χ4n) is 2.93. The minimum atomic E-state index is 1.02. The van der Waals surface area contributed by atoms with Gasteiger partial charge in [-0.25, -0.2) is 0 Å². The van der Waals surface area contributed by atoms with Crippen LogP contribution in [0, 0.1) is 0 Å². The molecule has 0 aliphatic heterocycles. The van der Waals surface area contributed by atoms with E-state index in [0.717, 1.165) is 11.4 Å². The Balaban J connectivity index is 1.44. The summed E-state index contributed by atoms with van der Waals surface area (Å²) in [5, 5.41) is 0. The maximum absolute atomic E-state index is 3.28. The van der Waals surface area contributed by atoms with Crippen LogP contribution in [-0.4, -0.2) is 0 Å². The zero-order valence-electron chi connectivity index (χ0n) is 14.4. The van der Waals surface area contributed by atoms with E-state index in [2.05, 4.69) is 108 Å². The Morgan fingerprint density at radius 2 is 0.846 bits per heavy atom. The molecule has 0 spiro atoms. The zero-order chi connectivity index (χ0) is 17.6. The molecule has 26 heavy (non-hydrogen) atoms. The molecule has 0 unspecified atom stereocenters. The Bertz CT molecular complexity index is 962. The minimum absolute atomic E-state index is 1.02. The van der Waals surface area contributed by atoms with Crippen molar-refractivity contribution in [2.24, 2.45) is 0 Å². The second-order valence-corrected chi connectivity index (χ2v) is 6.14. The molecule has 126 valence electrons. The Hall–Kier alpha value is -3.52. The Labute approximate surface area is 154 Å². The molecule has 0 aromatic heterocycles. The molecule has 0 fully saturated rings. The highest BCUT2D eigenvalue weighted by Crippen LogP contribution is 2.23. The summed E-state index contributed by atoms with van der Waals surface area (Å²) in [6, 6.07) is 37.6. The van der Waals surface area contributed by atoms with Crippen molar-refractivity contribution in [3.63, 3.8) is 0 Å². The number of hydrogen-bond donors (Lipinski definition) is 2. The van der Waals surface area contributed by atoms with Crippen molar-refractivity contribution in [1.29, 1.82) is 0 Å². The van der Waals surface area contributed by atoms with Crippen LogP contribution in [0.1, 0.15) is 0 Å². The zero-order valence-corrected chi connectivity index (χ0v) is 14.4. The largest absolute Gasteiger partial charge is 0.301 e. The lowest BCUT2D eigenvalue weighted by Crippen LogP contribution is -2.08. The Morgan fingerprint density at radius 1 is 0.346 bits per heavy atom. The van der Waals surface area contributed by atoms with Gasteiger partial charge in [0.15, 0.2) is 0 Å². The van der Waals surface area contributed by atoms with Crippen LogP contribution in [0.25, 0.3) is 22.3 Å². The summed E-state index contributed by atoms with van der Waals surface area (Å²) in [7, 11) is 0. The summed E-state index contributed by atoms with van der Waals surface area (Å²) in [4.78, 5) is 0. The fraction of sp³-hybridized carbons (Fsp3) is 0. The first-order valence-electron chi connectivity index (χ1n) is 8.71. The first-order chi connectivity index (χ1) is 12.9. The molecule has 0 aliphatic carbocycles. The molecule has 4 aromatic carbocycles. The number of nitrogens with one attached hydrogen (secondary N) is 2. The molecule has 0 aliphatic rings. The average molecular weight is 336 g/mol. The standard InChI is InChI=1S/C24H20N2/c1-3-8-19(9-4-1)21-14-16-23(17-15-21)25-26-24-13-7-12-22(18-24)20-10-5-2-6-11-20/h1-18,25-26H. The number of hydrogen-bond acceptors (Lipinski definition) is 2. The van der Waals surface area contributed by atoms with Gasteiger partial charge in [-0.2, -0.15) is 0 Å². The summed E-state index contributed by atoms with van der Waals surface area (Å²) in [6.45, 7) is 0. The molecule has 2 heteroatoms. The SMILES string of the molecule is c1ccc(-c2ccc(NNc3cccc(-c4ccccc4)c3)cc2)cc1. The van der Waals surface area contributed by atoms with E-state index in [1.807, 2.05) is 12.1 Å². The lowest BCUT2D eigenvalue weighted by molar-refractivity contribution is 1.41. The molecule has 0 radical (unpaired) electrons. The third kappa shape index (κ3) is 3.76. The van der Waals surface area contributed by atoms with E-state index >= 15 is 0 Å². The minimum Gasteiger partial charge on any atom is -0.301 e. The van der Waals surface area contributed by atoms with E-state index < -0.39 is 0 Å². The highest BCUT2D eigenvalue weighted by molar-refractivity contribution is 5.69. The predicted molar refractivity (Wildman–Crippen MR) is 111 cm³/mol. The van der Waals surface area contributed by atoms with E-state index in [1.54, 1.807) is 0 Å². The van der Waals surface area contributed by atoms with Crippen LogP contribution in [0.5, 0.6) is 0 Å². The highest BCUT2D eigenvalue weighted by atomic mass is 15.4. The molecule has 2 N–H and O–H groups in total. The summed E-state index contributed by atoms with van der Waals surface area (Å²) in [6.07, 6.45) is 0. The number of hydrazine groups is 1. The number of anilines is 2. The lowest BCUT2D eigenvalue weighted by Gasteiger charge is -2.12. The normalized spacial score (nSPS) is 10.3. The third-order valence-electron chi connectivity index (χ3n) is 4.31. The van der Waals surface area contributed by atoms with Gasteiger partial charge in [0.25, 0.3) is 0 Å². The van der Waals surface area contributed by atoms with Crippen LogP contribution in [0.15, 0.2) is 109 Å². The van der Waals surface area contributed by atoms with Gasteiger partial charge in [-0.1, -0.05) is 84.9 Å². The molecule has 2 nitrogen and oxygen atoms in total. The second-order valence-electron chi connectivity index (χ2n) is 6.14. The fourth-order valence-corrected chi connectivity index (χ4v) is 2.93. The van der Waals surface area contributed by atoms with E-state index in [0.29, 0.717) is 0 Å². The van der Waals surface area contributed by atoms with Crippen LogP contribution < -0.4 is 10.9 Å². The highest BCUT2D eigenvalue weighted by Gasteiger charge is 2.00. The van der Waals surface area contributed by atoms with Gasteiger partial charge in [-0.3, -0.25) is 0 Å². The Morgan fingerprint density at radius 3 is 1.50 bits per heavy atom. The van der Waals surface area contributed by atoms with E-state index in [1.165, 1.54) is 22.3 Å². The predicted octanol–water partition coefficient (Wildman–Crippen LogP) is 6.46. The first kappa shape index (κ1) is 16.0. The molecule has 4 rings (SSSR count). The van der Waals surface area contributed by atoms with Crippen molar-refractivity contribution in [3.05, 3.63) is 109 Å². The molecule has 0 atom stereocenters. The van der Waals surface area contributed by atoms with E-state index in [-0.39, 0.29) is 0 Å². The lowest BCUT2D eigenvalue weighted by atomic mass is 10.1. The molecule has 0 amide bonds.